The molecule has 2 saturated heterocycles. The molecule has 1 aromatic rings. The minimum atomic E-state index is -0.261. The second-order valence-electron chi connectivity index (χ2n) is 6.40. The number of hydrogen-bond donors (Lipinski definition) is 1. The molecule has 1 N–H and O–H groups in total. The van der Waals surface area contributed by atoms with Crippen molar-refractivity contribution in [3.8, 4) is 0 Å². The van der Waals surface area contributed by atoms with E-state index >= 15 is 0 Å². The summed E-state index contributed by atoms with van der Waals surface area (Å²) in [4.78, 5) is 14.8. The molecule has 2 aliphatic rings. The first kappa shape index (κ1) is 12.7. The number of rotatable bonds is 1. The van der Waals surface area contributed by atoms with Crippen molar-refractivity contribution in [3.63, 3.8) is 0 Å². The Balaban J connectivity index is 2.00. The summed E-state index contributed by atoms with van der Waals surface area (Å²) in [6.07, 6.45) is 1.05. The van der Waals surface area contributed by atoms with Gasteiger partial charge < -0.3 is 10.2 Å². The number of carbonyl (C=O) groups is 1. The minimum absolute atomic E-state index is 0.261. The normalized spacial score (nSPS) is 29.4. The Labute approximate surface area is 115 Å². The lowest BCUT2D eigenvalue weighted by molar-refractivity contribution is -0.125. The summed E-state index contributed by atoms with van der Waals surface area (Å²) in [5, 5.41) is 3.43. The lowest BCUT2D eigenvalue weighted by Gasteiger charge is -2.34. The Hall–Kier alpha value is -1.35. The second-order valence-corrected chi connectivity index (χ2v) is 6.40. The Bertz CT molecular complexity index is 492. The molecule has 2 fully saturated rings. The highest BCUT2D eigenvalue weighted by atomic mass is 16.2. The molecular weight excluding hydrogens is 236 g/mol. The summed E-state index contributed by atoms with van der Waals surface area (Å²) in [5.74, 6) is 0.685. The van der Waals surface area contributed by atoms with E-state index in [1.165, 1.54) is 5.56 Å². The lowest BCUT2D eigenvalue weighted by Crippen LogP contribution is -2.45. The van der Waals surface area contributed by atoms with Crippen molar-refractivity contribution in [1.29, 1.82) is 0 Å². The van der Waals surface area contributed by atoms with Crippen LogP contribution in [0.1, 0.15) is 25.8 Å². The number of fused-ring (bicyclic) bond motifs is 1. The van der Waals surface area contributed by atoms with Crippen molar-refractivity contribution >= 4 is 11.6 Å². The maximum atomic E-state index is 12.8. The zero-order valence-electron chi connectivity index (χ0n) is 11.9. The van der Waals surface area contributed by atoms with Crippen molar-refractivity contribution in [2.24, 2.45) is 11.3 Å². The summed E-state index contributed by atoms with van der Waals surface area (Å²) in [7, 11) is 0. The minimum Gasteiger partial charge on any atom is -0.316 e. The van der Waals surface area contributed by atoms with Gasteiger partial charge in [0.1, 0.15) is 0 Å². The van der Waals surface area contributed by atoms with Crippen LogP contribution in [0.4, 0.5) is 5.69 Å². The van der Waals surface area contributed by atoms with Crippen LogP contribution in [0.2, 0.25) is 0 Å². The first-order chi connectivity index (χ1) is 9.01. The van der Waals surface area contributed by atoms with Gasteiger partial charge in [0, 0.05) is 24.2 Å². The summed E-state index contributed by atoms with van der Waals surface area (Å²) < 4.78 is 0. The molecule has 0 aromatic heterocycles. The molecule has 2 aliphatic heterocycles. The van der Waals surface area contributed by atoms with E-state index in [-0.39, 0.29) is 11.3 Å². The molecule has 0 saturated carbocycles. The molecule has 19 heavy (non-hydrogen) atoms. The van der Waals surface area contributed by atoms with E-state index in [0.717, 1.165) is 25.2 Å². The van der Waals surface area contributed by atoms with E-state index in [1.54, 1.807) is 0 Å². The van der Waals surface area contributed by atoms with E-state index in [0.29, 0.717) is 12.0 Å². The number of carbonyl (C=O) groups excluding carboxylic acids is 1. The van der Waals surface area contributed by atoms with Crippen molar-refractivity contribution in [2.45, 2.75) is 33.2 Å². The van der Waals surface area contributed by atoms with Crippen LogP contribution >= 0.6 is 0 Å². The molecule has 0 radical (unpaired) electrons. The first-order valence-corrected chi connectivity index (χ1v) is 7.13. The van der Waals surface area contributed by atoms with E-state index < -0.39 is 0 Å². The highest BCUT2D eigenvalue weighted by Gasteiger charge is 2.54. The molecule has 0 spiro atoms. The standard InChI is InChI=1S/C16H22N2O/c1-11-4-6-12(7-5-11)18-14-8-9-17-10-13(14)16(2,3)15(18)19/h4-7,13-14,17H,8-10H2,1-3H3. The average molecular weight is 258 g/mol. The second kappa shape index (κ2) is 4.34. The third kappa shape index (κ3) is 1.88. The molecule has 3 nitrogen and oxygen atoms in total. The van der Waals surface area contributed by atoms with Gasteiger partial charge in [-0.3, -0.25) is 4.79 Å². The number of nitrogens with zero attached hydrogens (tertiary/aromatic N) is 1. The highest BCUT2D eigenvalue weighted by Crippen LogP contribution is 2.45. The van der Waals surface area contributed by atoms with Gasteiger partial charge in [0.05, 0.1) is 5.41 Å². The third-order valence-corrected chi connectivity index (χ3v) is 4.79. The van der Waals surface area contributed by atoms with Crippen molar-refractivity contribution in [2.75, 3.05) is 18.0 Å². The topological polar surface area (TPSA) is 32.3 Å². The lowest BCUT2D eigenvalue weighted by atomic mass is 9.76. The Morgan fingerprint density at radius 1 is 1.26 bits per heavy atom. The predicted octanol–water partition coefficient (Wildman–Crippen LogP) is 2.35. The van der Waals surface area contributed by atoms with Crippen molar-refractivity contribution in [3.05, 3.63) is 29.8 Å². The monoisotopic (exact) mass is 258 g/mol. The zero-order chi connectivity index (χ0) is 13.6. The van der Waals surface area contributed by atoms with Gasteiger partial charge in [-0.2, -0.15) is 0 Å². The highest BCUT2D eigenvalue weighted by molar-refractivity contribution is 6.00. The number of hydrogen-bond acceptors (Lipinski definition) is 2. The Morgan fingerprint density at radius 3 is 2.63 bits per heavy atom. The van der Waals surface area contributed by atoms with Crippen molar-refractivity contribution < 1.29 is 4.79 Å². The fraction of sp³-hybridized carbons (Fsp3) is 0.562. The van der Waals surface area contributed by atoms with Crippen LogP contribution in [0.3, 0.4) is 0 Å². The summed E-state index contributed by atoms with van der Waals surface area (Å²) in [6, 6.07) is 8.68. The molecule has 3 rings (SSSR count). The number of anilines is 1. The van der Waals surface area contributed by atoms with Crippen LogP contribution < -0.4 is 10.2 Å². The summed E-state index contributed by atoms with van der Waals surface area (Å²) in [6.45, 7) is 8.22. The van der Waals surface area contributed by atoms with Gasteiger partial charge in [-0.25, -0.2) is 0 Å². The van der Waals surface area contributed by atoms with Gasteiger partial charge in [0.25, 0.3) is 0 Å². The van der Waals surface area contributed by atoms with Gasteiger partial charge in [-0.15, -0.1) is 0 Å². The van der Waals surface area contributed by atoms with Gasteiger partial charge in [-0.05, 0) is 32.0 Å². The van der Waals surface area contributed by atoms with Gasteiger partial charge in [-0.1, -0.05) is 31.5 Å². The van der Waals surface area contributed by atoms with E-state index in [9.17, 15) is 4.79 Å². The van der Waals surface area contributed by atoms with Crippen LogP contribution in [0.15, 0.2) is 24.3 Å². The van der Waals surface area contributed by atoms with Crippen molar-refractivity contribution in [1.82, 2.24) is 5.32 Å². The summed E-state index contributed by atoms with van der Waals surface area (Å²) >= 11 is 0. The fourth-order valence-corrected chi connectivity index (χ4v) is 3.52. The molecule has 2 unspecified atom stereocenters. The van der Waals surface area contributed by atoms with Gasteiger partial charge in [0.15, 0.2) is 0 Å². The number of benzene rings is 1. The molecule has 2 heterocycles. The number of aryl methyl sites for hydroxylation is 1. The van der Waals surface area contributed by atoms with E-state index in [2.05, 4.69) is 50.4 Å². The Morgan fingerprint density at radius 2 is 1.95 bits per heavy atom. The smallest absolute Gasteiger partial charge is 0.233 e. The van der Waals surface area contributed by atoms with Crippen LogP contribution in [-0.4, -0.2) is 25.0 Å². The maximum Gasteiger partial charge on any atom is 0.233 e. The fourth-order valence-electron chi connectivity index (χ4n) is 3.52. The number of piperidine rings is 1. The predicted molar refractivity (Wildman–Crippen MR) is 77.2 cm³/mol. The van der Waals surface area contributed by atoms with E-state index in [4.69, 9.17) is 0 Å². The number of amides is 1. The molecule has 0 bridgehead atoms. The van der Waals surface area contributed by atoms with Crippen LogP contribution in [0.25, 0.3) is 0 Å². The van der Waals surface area contributed by atoms with Crippen LogP contribution in [-0.2, 0) is 4.79 Å². The average Bonchev–Trinajstić information content (AvgIpc) is 2.60. The van der Waals surface area contributed by atoms with Gasteiger partial charge in [0.2, 0.25) is 5.91 Å². The molecule has 0 aliphatic carbocycles. The zero-order valence-corrected chi connectivity index (χ0v) is 11.9. The molecule has 3 heteroatoms. The third-order valence-electron chi connectivity index (χ3n) is 4.79. The maximum absolute atomic E-state index is 12.8. The molecule has 2 atom stereocenters. The molecule has 1 amide bonds. The SMILES string of the molecule is Cc1ccc(N2C(=O)C(C)(C)C3CNCCC32)cc1. The quantitative estimate of drug-likeness (QED) is 0.838. The number of nitrogens with one attached hydrogen (secondary N) is 1. The molecule has 102 valence electrons. The molecule has 1 aromatic carbocycles. The van der Waals surface area contributed by atoms with Crippen LogP contribution in [0.5, 0.6) is 0 Å². The first-order valence-electron chi connectivity index (χ1n) is 7.13. The van der Waals surface area contributed by atoms with Gasteiger partial charge >= 0.3 is 0 Å². The summed E-state index contributed by atoms with van der Waals surface area (Å²) in [5.41, 5.74) is 2.03. The Kier molecular flexibility index (Phi) is 2.90. The van der Waals surface area contributed by atoms with E-state index in [1.807, 2.05) is 4.90 Å². The largest absolute Gasteiger partial charge is 0.316 e. The molecular formula is C16H22N2O. The van der Waals surface area contributed by atoms with Crippen LogP contribution in [0, 0.1) is 18.3 Å².